The van der Waals surface area contributed by atoms with Gasteiger partial charge in [0, 0.05) is 19.1 Å². The van der Waals surface area contributed by atoms with Crippen LogP contribution in [0.25, 0.3) is 0 Å². The molecule has 0 radical (unpaired) electrons. The third-order valence-electron chi connectivity index (χ3n) is 3.55. The van der Waals surface area contributed by atoms with Gasteiger partial charge in [-0.3, -0.25) is 4.57 Å². The Kier molecular flexibility index (Phi) is 4.20. The Labute approximate surface area is 108 Å². The summed E-state index contributed by atoms with van der Waals surface area (Å²) < 4.78 is 2.88. The highest BCUT2D eigenvalue weighted by Crippen LogP contribution is 2.27. The maximum Gasteiger partial charge on any atom is 0.225 e. The van der Waals surface area contributed by atoms with Crippen LogP contribution in [0.2, 0.25) is 0 Å². The average molecular weight is 254 g/mol. The quantitative estimate of drug-likeness (QED) is 0.820. The van der Waals surface area contributed by atoms with Crippen LogP contribution >= 0.6 is 12.2 Å². The number of nitrogens with zero attached hydrogens (tertiary/aromatic N) is 3. The van der Waals surface area contributed by atoms with Crippen molar-refractivity contribution < 1.29 is 0 Å². The summed E-state index contributed by atoms with van der Waals surface area (Å²) >= 11 is 5.30. The SMILES string of the molecule is CCCn1c(N(CC)C2CCCC2)n[nH]c1=S. The lowest BCUT2D eigenvalue weighted by Gasteiger charge is -2.28. The summed E-state index contributed by atoms with van der Waals surface area (Å²) in [5.74, 6) is 1.03. The molecule has 0 aromatic carbocycles. The minimum atomic E-state index is 0.654. The number of nitrogens with one attached hydrogen (secondary N) is 1. The fourth-order valence-electron chi connectivity index (χ4n) is 2.73. The van der Waals surface area contributed by atoms with Crippen LogP contribution in [0.15, 0.2) is 0 Å². The van der Waals surface area contributed by atoms with Gasteiger partial charge in [-0.05, 0) is 38.4 Å². The van der Waals surface area contributed by atoms with Crippen LogP contribution in [0, 0.1) is 4.77 Å². The van der Waals surface area contributed by atoms with Crippen molar-refractivity contribution in [1.82, 2.24) is 14.8 Å². The van der Waals surface area contributed by atoms with Gasteiger partial charge in [0.25, 0.3) is 0 Å². The molecule has 0 spiro atoms. The lowest BCUT2D eigenvalue weighted by atomic mass is 10.2. The third-order valence-corrected chi connectivity index (χ3v) is 3.86. The maximum absolute atomic E-state index is 5.30. The molecule has 4 nitrogen and oxygen atoms in total. The van der Waals surface area contributed by atoms with Gasteiger partial charge in [0.15, 0.2) is 4.77 Å². The third kappa shape index (κ3) is 2.54. The molecule has 0 unspecified atom stereocenters. The maximum atomic E-state index is 5.30. The molecule has 17 heavy (non-hydrogen) atoms. The molecule has 0 amide bonds. The molecule has 1 N–H and O–H groups in total. The first-order valence-electron chi connectivity index (χ1n) is 6.69. The van der Waals surface area contributed by atoms with Crippen LogP contribution in [0.5, 0.6) is 0 Å². The van der Waals surface area contributed by atoms with Crippen molar-refractivity contribution in [3.05, 3.63) is 4.77 Å². The van der Waals surface area contributed by atoms with E-state index in [1.165, 1.54) is 25.7 Å². The molecular weight excluding hydrogens is 232 g/mol. The number of aromatic nitrogens is 3. The zero-order valence-electron chi connectivity index (χ0n) is 10.8. The Morgan fingerprint density at radius 1 is 1.41 bits per heavy atom. The molecule has 5 heteroatoms. The highest BCUT2D eigenvalue weighted by atomic mass is 32.1. The molecule has 1 aromatic rings. The predicted molar refractivity (Wildman–Crippen MR) is 73.0 cm³/mol. The Hall–Kier alpha value is -0.840. The van der Waals surface area contributed by atoms with Crippen molar-refractivity contribution in [3.63, 3.8) is 0 Å². The monoisotopic (exact) mass is 254 g/mol. The van der Waals surface area contributed by atoms with Gasteiger partial charge < -0.3 is 4.90 Å². The van der Waals surface area contributed by atoms with Crippen LogP contribution < -0.4 is 4.90 Å². The summed E-state index contributed by atoms with van der Waals surface area (Å²) in [6.07, 6.45) is 6.36. The van der Waals surface area contributed by atoms with Crippen molar-refractivity contribution in [2.45, 2.75) is 58.5 Å². The van der Waals surface area contributed by atoms with E-state index in [1.807, 2.05) is 0 Å². The Balaban J connectivity index is 2.26. The number of hydrogen-bond acceptors (Lipinski definition) is 3. The normalized spacial score (nSPS) is 16.6. The minimum Gasteiger partial charge on any atom is -0.338 e. The zero-order valence-corrected chi connectivity index (χ0v) is 11.6. The van der Waals surface area contributed by atoms with E-state index in [1.54, 1.807) is 0 Å². The first-order valence-corrected chi connectivity index (χ1v) is 7.10. The van der Waals surface area contributed by atoms with Gasteiger partial charge in [0.05, 0.1) is 0 Å². The summed E-state index contributed by atoms with van der Waals surface area (Å²) in [5, 5.41) is 7.36. The van der Waals surface area contributed by atoms with Crippen molar-refractivity contribution in [1.29, 1.82) is 0 Å². The van der Waals surface area contributed by atoms with Crippen LogP contribution in [0.1, 0.15) is 46.0 Å². The zero-order chi connectivity index (χ0) is 12.3. The van der Waals surface area contributed by atoms with Gasteiger partial charge in [-0.15, -0.1) is 5.10 Å². The molecule has 96 valence electrons. The van der Waals surface area contributed by atoms with E-state index in [-0.39, 0.29) is 0 Å². The van der Waals surface area contributed by atoms with E-state index in [9.17, 15) is 0 Å². The van der Waals surface area contributed by atoms with Gasteiger partial charge in [-0.2, -0.15) is 0 Å². The Morgan fingerprint density at radius 2 is 2.12 bits per heavy atom. The second-order valence-corrected chi connectivity index (χ2v) is 5.09. The molecular formula is C12H22N4S. The molecule has 1 fully saturated rings. The van der Waals surface area contributed by atoms with Crippen molar-refractivity contribution in [2.24, 2.45) is 0 Å². The lowest BCUT2D eigenvalue weighted by molar-refractivity contribution is 0.573. The molecule has 1 aliphatic carbocycles. The smallest absolute Gasteiger partial charge is 0.225 e. The highest BCUT2D eigenvalue weighted by molar-refractivity contribution is 7.71. The molecule has 1 aromatic heterocycles. The lowest BCUT2D eigenvalue weighted by Crippen LogP contribution is -2.35. The molecule has 0 bridgehead atoms. The number of anilines is 1. The Bertz CT molecular complexity index is 403. The van der Waals surface area contributed by atoms with Gasteiger partial charge in [0.2, 0.25) is 5.95 Å². The molecule has 1 saturated carbocycles. The molecule has 1 aliphatic rings. The predicted octanol–water partition coefficient (Wildman–Crippen LogP) is 3.12. The number of hydrogen-bond donors (Lipinski definition) is 1. The van der Waals surface area contributed by atoms with Crippen molar-refractivity contribution in [2.75, 3.05) is 11.4 Å². The van der Waals surface area contributed by atoms with Gasteiger partial charge in [0.1, 0.15) is 0 Å². The fraction of sp³-hybridized carbons (Fsp3) is 0.833. The summed E-state index contributed by atoms with van der Waals surface area (Å²) in [4.78, 5) is 2.41. The van der Waals surface area contributed by atoms with Crippen LogP contribution in [-0.2, 0) is 6.54 Å². The van der Waals surface area contributed by atoms with Crippen molar-refractivity contribution >= 4 is 18.2 Å². The average Bonchev–Trinajstić information content (AvgIpc) is 2.95. The number of H-pyrrole nitrogens is 1. The highest BCUT2D eigenvalue weighted by Gasteiger charge is 2.24. The summed E-state index contributed by atoms with van der Waals surface area (Å²) in [6.45, 7) is 6.33. The molecule has 2 rings (SSSR count). The molecule has 1 heterocycles. The van der Waals surface area contributed by atoms with Crippen LogP contribution in [0.3, 0.4) is 0 Å². The summed E-state index contributed by atoms with van der Waals surface area (Å²) in [6, 6.07) is 0.654. The number of aromatic amines is 1. The first-order chi connectivity index (χ1) is 8.27. The van der Waals surface area contributed by atoms with Gasteiger partial charge >= 0.3 is 0 Å². The van der Waals surface area contributed by atoms with E-state index in [4.69, 9.17) is 12.2 Å². The van der Waals surface area contributed by atoms with E-state index >= 15 is 0 Å². The standard InChI is InChI=1S/C12H22N4S/c1-3-9-16-11(13-14-12(16)17)15(4-2)10-7-5-6-8-10/h10H,3-9H2,1-2H3,(H,14,17). The first kappa shape index (κ1) is 12.6. The van der Waals surface area contributed by atoms with E-state index < -0.39 is 0 Å². The minimum absolute atomic E-state index is 0.654. The second kappa shape index (κ2) is 5.67. The van der Waals surface area contributed by atoms with Crippen LogP contribution in [-0.4, -0.2) is 27.4 Å². The molecule has 0 atom stereocenters. The second-order valence-electron chi connectivity index (χ2n) is 4.70. The summed E-state index contributed by atoms with van der Waals surface area (Å²) in [7, 11) is 0. The van der Waals surface area contributed by atoms with E-state index in [2.05, 4.69) is 33.5 Å². The van der Waals surface area contributed by atoms with E-state index in [0.717, 1.165) is 30.2 Å². The topological polar surface area (TPSA) is 36.9 Å². The number of rotatable bonds is 5. The fourth-order valence-corrected chi connectivity index (χ4v) is 2.95. The van der Waals surface area contributed by atoms with Gasteiger partial charge in [-0.1, -0.05) is 19.8 Å². The largest absolute Gasteiger partial charge is 0.338 e. The van der Waals surface area contributed by atoms with Crippen LogP contribution in [0.4, 0.5) is 5.95 Å². The van der Waals surface area contributed by atoms with E-state index in [0.29, 0.717) is 6.04 Å². The molecule has 0 aliphatic heterocycles. The van der Waals surface area contributed by atoms with Gasteiger partial charge in [-0.25, -0.2) is 5.10 Å². The Morgan fingerprint density at radius 3 is 2.71 bits per heavy atom. The summed E-state index contributed by atoms with van der Waals surface area (Å²) in [5.41, 5.74) is 0. The van der Waals surface area contributed by atoms with Crippen molar-refractivity contribution in [3.8, 4) is 0 Å². The molecule has 0 saturated heterocycles.